The number of carbonyl (C=O) groups excluding carboxylic acids is 1. The third-order valence-corrected chi connectivity index (χ3v) is 4.24. The molecule has 0 fully saturated rings. The number of hydrogen-bond donors (Lipinski definition) is 2. The zero-order chi connectivity index (χ0) is 19.2. The van der Waals surface area contributed by atoms with E-state index in [0.29, 0.717) is 6.54 Å². The zero-order valence-corrected chi connectivity index (χ0v) is 15.3. The molecule has 0 spiro atoms. The lowest BCUT2D eigenvalue weighted by molar-refractivity contribution is 0.0942. The maximum Gasteiger partial charge on any atom is 0.274 e. The fourth-order valence-electron chi connectivity index (χ4n) is 2.61. The van der Waals surface area contributed by atoms with Crippen LogP contribution in [0.1, 0.15) is 34.2 Å². The maximum absolute atomic E-state index is 12.5. The summed E-state index contributed by atoms with van der Waals surface area (Å²) in [5, 5.41) is 20.8. The Kier molecular flexibility index (Phi) is 5.83. The summed E-state index contributed by atoms with van der Waals surface area (Å²) < 4.78 is 5.12. The first-order valence-corrected chi connectivity index (χ1v) is 8.72. The summed E-state index contributed by atoms with van der Waals surface area (Å²) >= 11 is 0. The molecular formula is C20H22N4O3. The lowest BCUT2D eigenvalue weighted by Crippen LogP contribution is -2.24. The summed E-state index contributed by atoms with van der Waals surface area (Å²) in [6.07, 6.45) is 0.938. The molecule has 0 atom stereocenters. The van der Waals surface area contributed by atoms with E-state index < -0.39 is 0 Å². The molecule has 1 heterocycles. The van der Waals surface area contributed by atoms with Crippen LogP contribution >= 0.6 is 0 Å². The van der Waals surface area contributed by atoms with Gasteiger partial charge in [-0.25, -0.2) is 0 Å². The first-order chi connectivity index (χ1) is 13.1. The van der Waals surface area contributed by atoms with E-state index in [2.05, 4.69) is 22.4 Å². The highest BCUT2D eigenvalue weighted by Crippen LogP contribution is 2.13. The monoisotopic (exact) mass is 366 g/mol. The number of methoxy groups -OCH3 is 1. The predicted octanol–water partition coefficient (Wildman–Crippen LogP) is 2.26. The Morgan fingerprint density at radius 3 is 2.33 bits per heavy atom. The molecule has 1 amide bonds. The summed E-state index contributed by atoms with van der Waals surface area (Å²) in [5.41, 5.74) is 3.21. The van der Waals surface area contributed by atoms with E-state index in [4.69, 9.17) is 4.74 Å². The molecule has 7 heteroatoms. The van der Waals surface area contributed by atoms with Crippen LogP contribution in [0.4, 0.5) is 0 Å². The standard InChI is InChI=1S/C20H22N4O3/c1-3-14-4-8-16(9-5-14)24-22-18(13-25)19(23-24)20(26)21-12-15-6-10-17(27-2)11-7-15/h4-11,25H,3,12-13H2,1-2H3,(H,21,26). The number of aliphatic hydroxyl groups excluding tert-OH is 1. The van der Waals surface area contributed by atoms with Crippen molar-refractivity contribution >= 4 is 5.91 Å². The Balaban J connectivity index is 1.74. The molecule has 0 aliphatic heterocycles. The zero-order valence-electron chi connectivity index (χ0n) is 15.3. The number of aliphatic hydroxyl groups is 1. The summed E-state index contributed by atoms with van der Waals surface area (Å²) in [7, 11) is 1.60. The SMILES string of the molecule is CCc1ccc(-n2nc(CO)c(C(=O)NCc3ccc(OC)cc3)n2)cc1. The van der Waals surface area contributed by atoms with E-state index in [1.54, 1.807) is 7.11 Å². The molecule has 2 aromatic carbocycles. The molecule has 7 nitrogen and oxygen atoms in total. The predicted molar refractivity (Wildman–Crippen MR) is 101 cm³/mol. The molecule has 3 aromatic rings. The van der Waals surface area contributed by atoms with Gasteiger partial charge in [0.2, 0.25) is 0 Å². The molecule has 0 aliphatic carbocycles. The molecule has 0 bridgehead atoms. The van der Waals surface area contributed by atoms with Gasteiger partial charge in [0.15, 0.2) is 5.69 Å². The number of amides is 1. The van der Waals surface area contributed by atoms with Crippen molar-refractivity contribution in [3.8, 4) is 11.4 Å². The average molecular weight is 366 g/mol. The number of nitrogens with one attached hydrogen (secondary N) is 1. The van der Waals surface area contributed by atoms with E-state index in [1.165, 1.54) is 10.4 Å². The second-order valence-corrected chi connectivity index (χ2v) is 5.99. The van der Waals surface area contributed by atoms with Gasteiger partial charge in [-0.05, 0) is 41.8 Å². The van der Waals surface area contributed by atoms with E-state index in [0.717, 1.165) is 23.4 Å². The van der Waals surface area contributed by atoms with Crippen molar-refractivity contribution in [1.82, 2.24) is 20.3 Å². The van der Waals surface area contributed by atoms with Gasteiger partial charge in [0.25, 0.3) is 5.91 Å². The van der Waals surface area contributed by atoms with E-state index in [9.17, 15) is 9.90 Å². The van der Waals surface area contributed by atoms with Crippen LogP contribution in [-0.2, 0) is 19.6 Å². The molecule has 0 saturated heterocycles. The molecule has 140 valence electrons. The molecule has 27 heavy (non-hydrogen) atoms. The van der Waals surface area contributed by atoms with Crippen molar-refractivity contribution in [3.05, 3.63) is 71.0 Å². The largest absolute Gasteiger partial charge is 0.497 e. The van der Waals surface area contributed by atoms with Gasteiger partial charge in [-0.2, -0.15) is 4.80 Å². The lowest BCUT2D eigenvalue weighted by Gasteiger charge is -2.05. The fourth-order valence-corrected chi connectivity index (χ4v) is 2.61. The Morgan fingerprint density at radius 2 is 1.74 bits per heavy atom. The topological polar surface area (TPSA) is 89.3 Å². The van der Waals surface area contributed by atoms with Gasteiger partial charge in [-0.1, -0.05) is 31.2 Å². The lowest BCUT2D eigenvalue weighted by atomic mass is 10.2. The fraction of sp³-hybridized carbons (Fsp3) is 0.250. The van der Waals surface area contributed by atoms with Crippen LogP contribution < -0.4 is 10.1 Å². The van der Waals surface area contributed by atoms with Gasteiger partial charge in [-0.3, -0.25) is 4.79 Å². The highest BCUT2D eigenvalue weighted by Gasteiger charge is 2.18. The molecule has 0 saturated carbocycles. The quantitative estimate of drug-likeness (QED) is 0.669. The molecule has 2 N–H and O–H groups in total. The van der Waals surface area contributed by atoms with Crippen LogP contribution in [0.5, 0.6) is 5.75 Å². The van der Waals surface area contributed by atoms with Crippen LogP contribution in [-0.4, -0.2) is 33.1 Å². The van der Waals surface area contributed by atoms with Crippen molar-refractivity contribution in [3.63, 3.8) is 0 Å². The van der Waals surface area contributed by atoms with Gasteiger partial charge >= 0.3 is 0 Å². The summed E-state index contributed by atoms with van der Waals surface area (Å²) in [4.78, 5) is 13.9. The third kappa shape index (κ3) is 4.32. The summed E-state index contributed by atoms with van der Waals surface area (Å²) in [6, 6.07) is 15.2. The van der Waals surface area contributed by atoms with Crippen molar-refractivity contribution < 1.29 is 14.6 Å². The van der Waals surface area contributed by atoms with Crippen molar-refractivity contribution in [2.24, 2.45) is 0 Å². The Bertz CT molecular complexity index is 902. The van der Waals surface area contributed by atoms with E-state index >= 15 is 0 Å². The molecule has 0 aliphatic rings. The Morgan fingerprint density at radius 1 is 1.07 bits per heavy atom. The number of hydrogen-bond acceptors (Lipinski definition) is 5. The number of carbonyl (C=O) groups is 1. The number of nitrogens with zero attached hydrogens (tertiary/aromatic N) is 3. The molecule has 3 rings (SSSR count). The van der Waals surface area contributed by atoms with Crippen molar-refractivity contribution in [1.29, 1.82) is 0 Å². The van der Waals surface area contributed by atoms with E-state index in [1.807, 2.05) is 48.5 Å². The Hall–Kier alpha value is -3.19. The van der Waals surface area contributed by atoms with Crippen LogP contribution in [0.2, 0.25) is 0 Å². The van der Waals surface area contributed by atoms with Gasteiger partial charge in [0, 0.05) is 6.54 Å². The van der Waals surface area contributed by atoms with Crippen LogP contribution in [0, 0.1) is 0 Å². The van der Waals surface area contributed by atoms with Gasteiger partial charge in [-0.15, -0.1) is 10.2 Å². The van der Waals surface area contributed by atoms with Gasteiger partial charge in [0.1, 0.15) is 11.4 Å². The van der Waals surface area contributed by atoms with Crippen LogP contribution in [0.15, 0.2) is 48.5 Å². The minimum absolute atomic E-state index is 0.116. The van der Waals surface area contributed by atoms with Crippen LogP contribution in [0.3, 0.4) is 0 Å². The number of ether oxygens (including phenoxy) is 1. The maximum atomic E-state index is 12.5. The van der Waals surface area contributed by atoms with Crippen molar-refractivity contribution in [2.75, 3.05) is 7.11 Å². The number of rotatable bonds is 7. The molecule has 0 radical (unpaired) electrons. The van der Waals surface area contributed by atoms with Crippen molar-refractivity contribution in [2.45, 2.75) is 26.5 Å². The number of aryl methyl sites for hydroxylation is 1. The average Bonchev–Trinajstić information content (AvgIpc) is 3.17. The summed E-state index contributed by atoms with van der Waals surface area (Å²) in [5.74, 6) is 0.371. The van der Waals surface area contributed by atoms with Gasteiger partial charge in [0.05, 0.1) is 19.4 Å². The number of aromatic nitrogens is 3. The Labute approximate surface area is 157 Å². The smallest absolute Gasteiger partial charge is 0.274 e. The normalized spacial score (nSPS) is 10.6. The highest BCUT2D eigenvalue weighted by atomic mass is 16.5. The molecular weight excluding hydrogens is 344 g/mol. The second-order valence-electron chi connectivity index (χ2n) is 5.99. The third-order valence-electron chi connectivity index (χ3n) is 4.24. The highest BCUT2D eigenvalue weighted by molar-refractivity contribution is 5.93. The van der Waals surface area contributed by atoms with Gasteiger partial charge < -0.3 is 15.2 Å². The molecule has 1 aromatic heterocycles. The van der Waals surface area contributed by atoms with Crippen LogP contribution in [0.25, 0.3) is 5.69 Å². The minimum Gasteiger partial charge on any atom is -0.497 e. The first kappa shape index (κ1) is 18.6. The summed E-state index contributed by atoms with van der Waals surface area (Å²) in [6.45, 7) is 2.06. The first-order valence-electron chi connectivity index (χ1n) is 8.72. The van der Waals surface area contributed by atoms with E-state index in [-0.39, 0.29) is 23.9 Å². The minimum atomic E-state index is -0.383. The molecule has 0 unspecified atom stereocenters. The second kappa shape index (κ2) is 8.46. The number of benzene rings is 2.